The van der Waals surface area contributed by atoms with Crippen LogP contribution < -0.4 is 5.56 Å². The SMILES string of the molecule is O=C1CC=NC(O)C1C(c1ccccc1)c1c(O)cc[nH]c1=O. The molecule has 3 N–H and O–H groups in total. The lowest BCUT2D eigenvalue weighted by molar-refractivity contribution is -0.126. The van der Waals surface area contributed by atoms with Gasteiger partial charge < -0.3 is 15.2 Å². The summed E-state index contributed by atoms with van der Waals surface area (Å²) >= 11 is 0. The molecule has 0 aliphatic carbocycles. The summed E-state index contributed by atoms with van der Waals surface area (Å²) in [4.78, 5) is 31.1. The van der Waals surface area contributed by atoms with Gasteiger partial charge in [-0.2, -0.15) is 0 Å². The van der Waals surface area contributed by atoms with E-state index in [-0.39, 0.29) is 23.5 Å². The first-order valence-electron chi connectivity index (χ1n) is 7.27. The van der Waals surface area contributed by atoms with Gasteiger partial charge in [0.25, 0.3) is 5.56 Å². The molecule has 0 saturated heterocycles. The highest BCUT2D eigenvalue weighted by Crippen LogP contribution is 2.38. The molecule has 23 heavy (non-hydrogen) atoms. The van der Waals surface area contributed by atoms with Crippen LogP contribution in [0.2, 0.25) is 0 Å². The molecule has 3 atom stereocenters. The van der Waals surface area contributed by atoms with E-state index < -0.39 is 23.6 Å². The first kappa shape index (κ1) is 15.2. The zero-order chi connectivity index (χ0) is 16.4. The summed E-state index contributed by atoms with van der Waals surface area (Å²) in [6.07, 6.45) is 1.55. The number of hydrogen-bond donors (Lipinski definition) is 3. The predicted octanol–water partition coefficient (Wildman–Crippen LogP) is 1.19. The Morgan fingerprint density at radius 1 is 1.17 bits per heavy atom. The molecule has 2 aromatic rings. The van der Waals surface area contributed by atoms with E-state index in [2.05, 4.69) is 9.98 Å². The normalized spacial score (nSPS) is 22.0. The van der Waals surface area contributed by atoms with Crippen LogP contribution in [0.3, 0.4) is 0 Å². The summed E-state index contributed by atoms with van der Waals surface area (Å²) in [7, 11) is 0. The van der Waals surface area contributed by atoms with Crippen LogP contribution in [0.4, 0.5) is 0 Å². The van der Waals surface area contributed by atoms with Gasteiger partial charge in [0.15, 0.2) is 6.23 Å². The fraction of sp³-hybridized carbons (Fsp3) is 0.235. The molecule has 0 spiro atoms. The zero-order valence-electron chi connectivity index (χ0n) is 12.2. The number of aliphatic hydroxyl groups excluding tert-OH is 1. The van der Waals surface area contributed by atoms with E-state index in [4.69, 9.17) is 0 Å². The summed E-state index contributed by atoms with van der Waals surface area (Å²) < 4.78 is 0. The number of aromatic amines is 1. The highest BCUT2D eigenvalue weighted by Gasteiger charge is 2.39. The Morgan fingerprint density at radius 3 is 2.57 bits per heavy atom. The second-order valence-corrected chi connectivity index (χ2v) is 5.44. The maximum Gasteiger partial charge on any atom is 0.255 e. The van der Waals surface area contributed by atoms with Crippen molar-refractivity contribution < 1.29 is 15.0 Å². The highest BCUT2D eigenvalue weighted by atomic mass is 16.3. The number of benzene rings is 1. The first-order chi connectivity index (χ1) is 11.1. The van der Waals surface area contributed by atoms with Gasteiger partial charge in [0.05, 0.1) is 11.5 Å². The Morgan fingerprint density at radius 2 is 1.91 bits per heavy atom. The first-order valence-corrected chi connectivity index (χ1v) is 7.27. The average molecular weight is 312 g/mol. The summed E-state index contributed by atoms with van der Waals surface area (Å²) in [5, 5.41) is 20.4. The molecule has 0 fully saturated rings. The molecular formula is C17H16N2O4. The minimum atomic E-state index is -1.25. The number of aliphatic hydroxyl groups is 1. The van der Waals surface area contributed by atoms with Gasteiger partial charge in [-0.05, 0) is 11.6 Å². The van der Waals surface area contributed by atoms with Gasteiger partial charge in [-0.1, -0.05) is 30.3 Å². The van der Waals surface area contributed by atoms with Gasteiger partial charge >= 0.3 is 0 Å². The topological polar surface area (TPSA) is 103 Å². The Bertz CT molecular complexity index is 798. The third kappa shape index (κ3) is 2.80. The quantitative estimate of drug-likeness (QED) is 0.792. The van der Waals surface area contributed by atoms with Crippen LogP contribution in [0.25, 0.3) is 0 Å². The van der Waals surface area contributed by atoms with Gasteiger partial charge in [-0.25, -0.2) is 0 Å². The fourth-order valence-electron chi connectivity index (χ4n) is 3.00. The maximum atomic E-state index is 12.4. The number of nitrogens with zero attached hydrogens (tertiary/aromatic N) is 1. The largest absolute Gasteiger partial charge is 0.507 e. The third-order valence-electron chi connectivity index (χ3n) is 4.05. The molecule has 118 valence electrons. The lowest BCUT2D eigenvalue weighted by atomic mass is 9.76. The number of aliphatic imine (C=N–C) groups is 1. The van der Waals surface area contributed by atoms with Gasteiger partial charge in [0.2, 0.25) is 0 Å². The number of nitrogens with one attached hydrogen (secondary N) is 1. The number of carbonyl (C=O) groups excluding carboxylic acids is 1. The molecule has 0 amide bonds. The molecular weight excluding hydrogens is 296 g/mol. The maximum absolute atomic E-state index is 12.4. The van der Waals surface area contributed by atoms with Crippen LogP contribution >= 0.6 is 0 Å². The summed E-state index contributed by atoms with van der Waals surface area (Å²) in [5.74, 6) is -2.13. The number of hydrogen-bond acceptors (Lipinski definition) is 5. The molecule has 1 aliphatic rings. The zero-order valence-corrected chi connectivity index (χ0v) is 12.2. The molecule has 3 rings (SSSR count). The van der Waals surface area contributed by atoms with Crippen LogP contribution in [0.5, 0.6) is 5.75 Å². The van der Waals surface area contributed by atoms with Gasteiger partial charge in [-0.3, -0.25) is 14.6 Å². The van der Waals surface area contributed by atoms with E-state index in [1.807, 2.05) is 6.07 Å². The van der Waals surface area contributed by atoms with E-state index in [1.165, 1.54) is 18.5 Å². The van der Waals surface area contributed by atoms with Crippen molar-refractivity contribution in [2.75, 3.05) is 0 Å². The molecule has 1 aromatic carbocycles. The van der Waals surface area contributed by atoms with Crippen molar-refractivity contribution in [3.8, 4) is 5.75 Å². The molecule has 3 unspecified atom stereocenters. The summed E-state index contributed by atoms with van der Waals surface area (Å²) in [6, 6.07) is 10.2. The van der Waals surface area contributed by atoms with Gasteiger partial charge in [-0.15, -0.1) is 0 Å². The van der Waals surface area contributed by atoms with Crippen molar-refractivity contribution in [2.45, 2.75) is 18.6 Å². The third-order valence-corrected chi connectivity index (χ3v) is 4.05. The minimum absolute atomic E-state index is 0.0631. The van der Waals surface area contributed by atoms with E-state index in [0.717, 1.165) is 0 Å². The second kappa shape index (κ2) is 6.18. The lowest BCUT2D eigenvalue weighted by Crippen LogP contribution is -2.38. The van der Waals surface area contributed by atoms with Crippen LogP contribution in [0.1, 0.15) is 23.5 Å². The van der Waals surface area contributed by atoms with Crippen molar-refractivity contribution >= 4 is 12.0 Å². The molecule has 1 aromatic heterocycles. The van der Waals surface area contributed by atoms with Crippen molar-refractivity contribution in [3.63, 3.8) is 0 Å². The lowest BCUT2D eigenvalue weighted by Gasteiger charge is -2.30. The van der Waals surface area contributed by atoms with Crippen LogP contribution in [-0.4, -0.2) is 33.4 Å². The number of pyridine rings is 1. The monoisotopic (exact) mass is 312 g/mol. The van der Waals surface area contributed by atoms with Crippen LogP contribution in [0.15, 0.2) is 52.4 Å². The van der Waals surface area contributed by atoms with E-state index in [9.17, 15) is 19.8 Å². The average Bonchev–Trinajstić information content (AvgIpc) is 2.53. The molecule has 0 saturated carbocycles. The smallest absolute Gasteiger partial charge is 0.255 e. The number of aromatic hydroxyl groups is 1. The Labute approximate surface area is 132 Å². The number of Topliss-reactive ketones (excluding diaryl/α,β-unsaturated/α-hetero) is 1. The summed E-state index contributed by atoms with van der Waals surface area (Å²) in [5.41, 5.74) is 0.232. The standard InChI is InChI=1S/C17H16N2O4/c20-11-6-8-18-16(22)14(11)13(10-4-2-1-3-5-10)15-12(21)7-9-19-17(15)23/h1-6,8-9,13,15,17,23H,7H2,(H2,18,20,22). The predicted molar refractivity (Wildman–Crippen MR) is 84.6 cm³/mol. The summed E-state index contributed by atoms with van der Waals surface area (Å²) in [6.45, 7) is 0. The molecule has 0 radical (unpaired) electrons. The molecule has 1 aliphatic heterocycles. The number of ketones is 1. The molecule has 0 bridgehead atoms. The minimum Gasteiger partial charge on any atom is -0.507 e. The number of aromatic nitrogens is 1. The van der Waals surface area contributed by atoms with Crippen molar-refractivity contribution in [3.05, 3.63) is 64.1 Å². The van der Waals surface area contributed by atoms with E-state index >= 15 is 0 Å². The van der Waals surface area contributed by atoms with Crippen molar-refractivity contribution in [1.82, 2.24) is 4.98 Å². The highest BCUT2D eigenvalue weighted by molar-refractivity contribution is 5.96. The van der Waals surface area contributed by atoms with Crippen molar-refractivity contribution in [2.24, 2.45) is 10.9 Å². The van der Waals surface area contributed by atoms with Gasteiger partial charge in [0, 0.05) is 24.8 Å². The number of H-pyrrole nitrogens is 1. The van der Waals surface area contributed by atoms with Crippen LogP contribution in [-0.2, 0) is 4.79 Å². The second-order valence-electron chi connectivity index (χ2n) is 5.44. The van der Waals surface area contributed by atoms with Crippen LogP contribution in [0, 0.1) is 5.92 Å². The van der Waals surface area contributed by atoms with Crippen molar-refractivity contribution in [1.29, 1.82) is 0 Å². The molecule has 6 nitrogen and oxygen atoms in total. The van der Waals surface area contributed by atoms with E-state index in [1.54, 1.807) is 24.3 Å². The Hall–Kier alpha value is -2.73. The molecule has 6 heteroatoms. The Balaban J connectivity index is 2.21. The Kier molecular flexibility index (Phi) is 4.08. The number of carbonyl (C=O) groups is 1. The molecule has 2 heterocycles. The van der Waals surface area contributed by atoms with Gasteiger partial charge in [0.1, 0.15) is 11.5 Å². The number of rotatable bonds is 3. The fourth-order valence-corrected chi connectivity index (χ4v) is 3.00. The van der Waals surface area contributed by atoms with E-state index in [0.29, 0.717) is 5.56 Å².